The number of ether oxygens (including phenoxy) is 1. The summed E-state index contributed by atoms with van der Waals surface area (Å²) >= 11 is 0. The molecule has 3 aliphatic rings. The molecule has 5 rings (SSSR count). The van der Waals surface area contributed by atoms with E-state index in [1.54, 1.807) is 42.2 Å². The lowest BCUT2D eigenvalue weighted by molar-refractivity contribution is -0.137. The second-order valence-corrected chi connectivity index (χ2v) is 10.9. The summed E-state index contributed by atoms with van der Waals surface area (Å²) in [4.78, 5) is 28.1. The summed E-state index contributed by atoms with van der Waals surface area (Å²) in [6, 6.07) is 12.2. The lowest BCUT2D eigenvalue weighted by Gasteiger charge is -2.39. The van der Waals surface area contributed by atoms with Crippen LogP contribution in [0.5, 0.6) is 0 Å². The Morgan fingerprint density at radius 3 is 2.53 bits per heavy atom. The minimum absolute atomic E-state index is 0.275. The Morgan fingerprint density at radius 1 is 1.00 bits per heavy atom. The van der Waals surface area contributed by atoms with Gasteiger partial charge in [0.25, 0.3) is 5.91 Å². The van der Waals surface area contributed by atoms with Crippen LogP contribution in [0.2, 0.25) is 0 Å². The standard InChI is InChI=1S/C24H26N2O5S/c1-24(16-18-7-2-3-9-20(18)22(27)31-24)23(28)26-14-6-8-17-15-19(10-11-21(17)26)32(29,30)25-12-4-5-13-25/h2-3,7,9-11,15H,4-6,8,12-14,16H2,1H3/t24-/m1/s1. The number of hydrogen-bond donors (Lipinski definition) is 0. The van der Waals surface area contributed by atoms with E-state index in [4.69, 9.17) is 4.74 Å². The number of carbonyl (C=O) groups excluding carboxylic acids is 2. The first kappa shape index (κ1) is 21.2. The lowest BCUT2D eigenvalue weighted by Crippen LogP contribution is -2.54. The normalized spacial score (nSPS) is 23.4. The zero-order chi connectivity index (χ0) is 22.5. The van der Waals surface area contributed by atoms with E-state index in [1.165, 1.54) is 4.31 Å². The molecule has 8 heteroatoms. The van der Waals surface area contributed by atoms with E-state index in [2.05, 4.69) is 0 Å². The fourth-order valence-corrected chi connectivity index (χ4v) is 6.53. The molecule has 2 aromatic rings. The zero-order valence-electron chi connectivity index (χ0n) is 18.0. The third-order valence-electron chi connectivity index (χ3n) is 6.65. The lowest BCUT2D eigenvalue weighted by atomic mass is 9.88. The highest BCUT2D eigenvalue weighted by Gasteiger charge is 2.46. The molecule has 3 aliphatic heterocycles. The van der Waals surface area contributed by atoms with Gasteiger partial charge in [-0.3, -0.25) is 4.79 Å². The molecule has 7 nitrogen and oxygen atoms in total. The van der Waals surface area contributed by atoms with E-state index in [0.29, 0.717) is 50.1 Å². The predicted molar refractivity (Wildman–Crippen MR) is 119 cm³/mol. The van der Waals surface area contributed by atoms with Crippen molar-refractivity contribution < 1.29 is 22.7 Å². The number of fused-ring (bicyclic) bond motifs is 2. The van der Waals surface area contributed by atoms with E-state index in [-0.39, 0.29) is 10.8 Å². The molecule has 3 heterocycles. The molecule has 1 saturated heterocycles. The van der Waals surface area contributed by atoms with Crippen molar-refractivity contribution in [3.8, 4) is 0 Å². The van der Waals surface area contributed by atoms with Gasteiger partial charge in [0, 0.05) is 31.7 Å². The number of rotatable bonds is 3. The van der Waals surface area contributed by atoms with Crippen molar-refractivity contribution >= 4 is 27.6 Å². The maximum atomic E-state index is 13.6. The molecule has 1 atom stereocenters. The number of sulfonamides is 1. The molecule has 1 fully saturated rings. The van der Waals surface area contributed by atoms with Gasteiger partial charge in [-0.1, -0.05) is 18.2 Å². The van der Waals surface area contributed by atoms with E-state index in [9.17, 15) is 18.0 Å². The maximum absolute atomic E-state index is 13.6. The Morgan fingerprint density at radius 2 is 1.75 bits per heavy atom. The number of cyclic esters (lactones) is 1. The van der Waals surface area contributed by atoms with Gasteiger partial charge in [-0.2, -0.15) is 4.31 Å². The van der Waals surface area contributed by atoms with Gasteiger partial charge in [0.05, 0.1) is 10.5 Å². The molecule has 0 saturated carbocycles. The third kappa shape index (κ3) is 3.42. The molecular weight excluding hydrogens is 428 g/mol. The van der Waals surface area contributed by atoms with Crippen LogP contribution in [0.25, 0.3) is 0 Å². The fraction of sp³-hybridized carbons (Fsp3) is 0.417. The average molecular weight is 455 g/mol. The van der Waals surface area contributed by atoms with Gasteiger partial charge in [0.15, 0.2) is 5.60 Å². The van der Waals surface area contributed by atoms with Gasteiger partial charge >= 0.3 is 5.97 Å². The van der Waals surface area contributed by atoms with E-state index < -0.39 is 21.6 Å². The zero-order valence-corrected chi connectivity index (χ0v) is 18.9. The molecule has 0 N–H and O–H groups in total. The second-order valence-electron chi connectivity index (χ2n) is 8.92. The van der Waals surface area contributed by atoms with Crippen LogP contribution in [0.3, 0.4) is 0 Å². The van der Waals surface area contributed by atoms with Gasteiger partial charge in [0.2, 0.25) is 10.0 Å². The van der Waals surface area contributed by atoms with Gasteiger partial charge in [0.1, 0.15) is 0 Å². The first-order chi connectivity index (χ1) is 15.3. The summed E-state index contributed by atoms with van der Waals surface area (Å²) in [6.07, 6.45) is 3.48. The molecule has 2 aromatic carbocycles. The molecule has 0 bridgehead atoms. The van der Waals surface area contributed by atoms with Crippen LogP contribution < -0.4 is 4.90 Å². The summed E-state index contributed by atoms with van der Waals surface area (Å²) < 4.78 is 33.1. The summed E-state index contributed by atoms with van der Waals surface area (Å²) in [5.41, 5.74) is 1.51. The van der Waals surface area contributed by atoms with Crippen LogP contribution >= 0.6 is 0 Å². The highest BCUT2D eigenvalue weighted by molar-refractivity contribution is 7.89. The summed E-state index contributed by atoms with van der Waals surface area (Å²) in [6.45, 7) is 3.26. The Kier molecular flexibility index (Phi) is 5.09. The Labute approximate surface area is 188 Å². The fourth-order valence-electron chi connectivity index (χ4n) is 4.96. The quantitative estimate of drug-likeness (QED) is 0.666. The molecule has 0 unspecified atom stereocenters. The summed E-state index contributed by atoms with van der Waals surface area (Å²) in [7, 11) is -3.52. The number of benzene rings is 2. The number of anilines is 1. The number of nitrogens with zero attached hydrogens (tertiary/aromatic N) is 2. The monoisotopic (exact) mass is 454 g/mol. The molecule has 168 valence electrons. The highest BCUT2D eigenvalue weighted by atomic mass is 32.2. The largest absolute Gasteiger partial charge is 0.445 e. The van der Waals surface area contributed by atoms with Crippen LogP contribution in [0, 0.1) is 0 Å². The van der Waals surface area contributed by atoms with Crippen molar-refractivity contribution in [3.63, 3.8) is 0 Å². The molecule has 0 spiro atoms. The minimum atomic E-state index is -3.52. The van der Waals surface area contributed by atoms with Crippen molar-refractivity contribution in [3.05, 3.63) is 59.2 Å². The molecule has 0 radical (unpaired) electrons. The van der Waals surface area contributed by atoms with Crippen molar-refractivity contribution in [1.82, 2.24) is 4.31 Å². The Hall–Kier alpha value is -2.71. The van der Waals surface area contributed by atoms with Crippen molar-refractivity contribution in [1.29, 1.82) is 0 Å². The van der Waals surface area contributed by atoms with E-state index in [1.807, 2.05) is 12.1 Å². The summed E-state index contributed by atoms with van der Waals surface area (Å²) in [5.74, 6) is -0.775. The molecular formula is C24H26N2O5S. The van der Waals surface area contributed by atoms with Crippen LogP contribution in [0.1, 0.15) is 47.7 Å². The third-order valence-corrected chi connectivity index (χ3v) is 8.55. The van der Waals surface area contributed by atoms with Crippen LogP contribution in [0.4, 0.5) is 5.69 Å². The first-order valence-corrected chi connectivity index (χ1v) is 12.5. The predicted octanol–water partition coefficient (Wildman–Crippen LogP) is 2.92. The van der Waals surface area contributed by atoms with Crippen LogP contribution in [-0.2, 0) is 32.4 Å². The average Bonchev–Trinajstić information content (AvgIpc) is 3.34. The van der Waals surface area contributed by atoms with Crippen molar-refractivity contribution in [2.24, 2.45) is 0 Å². The highest BCUT2D eigenvalue weighted by Crippen LogP contribution is 2.36. The van der Waals surface area contributed by atoms with Gasteiger partial charge in [-0.25, -0.2) is 13.2 Å². The maximum Gasteiger partial charge on any atom is 0.339 e. The Bertz CT molecular complexity index is 1200. The van der Waals surface area contributed by atoms with Crippen LogP contribution in [-0.4, -0.2) is 49.8 Å². The molecule has 32 heavy (non-hydrogen) atoms. The van der Waals surface area contributed by atoms with Crippen molar-refractivity contribution in [2.45, 2.75) is 49.5 Å². The van der Waals surface area contributed by atoms with Gasteiger partial charge in [-0.05, 0) is 68.0 Å². The van der Waals surface area contributed by atoms with E-state index in [0.717, 1.165) is 24.0 Å². The summed E-state index contributed by atoms with van der Waals surface area (Å²) in [5, 5.41) is 0. The topological polar surface area (TPSA) is 84.0 Å². The number of hydrogen-bond acceptors (Lipinski definition) is 5. The van der Waals surface area contributed by atoms with E-state index >= 15 is 0 Å². The Balaban J connectivity index is 1.46. The number of amides is 1. The first-order valence-electron chi connectivity index (χ1n) is 11.1. The second kappa shape index (κ2) is 7.71. The minimum Gasteiger partial charge on any atom is -0.445 e. The molecule has 0 aromatic heterocycles. The SMILES string of the molecule is C[C@]1(C(=O)N2CCCc3cc(S(=O)(=O)N4CCCC4)ccc32)Cc2ccccc2C(=O)O1. The van der Waals surface area contributed by atoms with Crippen LogP contribution in [0.15, 0.2) is 47.4 Å². The van der Waals surface area contributed by atoms with Crippen molar-refractivity contribution in [2.75, 3.05) is 24.5 Å². The smallest absolute Gasteiger partial charge is 0.339 e. The van der Waals surface area contributed by atoms with Gasteiger partial charge in [-0.15, -0.1) is 0 Å². The van der Waals surface area contributed by atoms with Gasteiger partial charge < -0.3 is 9.64 Å². The molecule has 1 amide bonds. The molecule has 0 aliphatic carbocycles. The number of carbonyl (C=O) groups is 2. The number of esters is 1. The number of aryl methyl sites for hydroxylation is 1.